The lowest BCUT2D eigenvalue weighted by Crippen LogP contribution is -2.10. The van der Waals surface area contributed by atoms with Gasteiger partial charge >= 0.3 is 0 Å². The van der Waals surface area contributed by atoms with Crippen molar-refractivity contribution in [3.05, 3.63) is 65.2 Å². The summed E-state index contributed by atoms with van der Waals surface area (Å²) in [6.45, 7) is 3.52. The lowest BCUT2D eigenvalue weighted by atomic mass is 10.2. The van der Waals surface area contributed by atoms with Gasteiger partial charge in [-0.25, -0.2) is 0 Å². The number of hydrogen-bond donors (Lipinski definition) is 2. The third kappa shape index (κ3) is 6.31. The second-order valence-corrected chi connectivity index (χ2v) is 6.37. The van der Waals surface area contributed by atoms with Gasteiger partial charge in [-0.05, 0) is 39.7 Å². The van der Waals surface area contributed by atoms with Crippen LogP contribution in [0.5, 0.6) is 11.5 Å². The van der Waals surface area contributed by atoms with E-state index in [-0.39, 0.29) is 16.3 Å². The van der Waals surface area contributed by atoms with Crippen LogP contribution in [-0.4, -0.2) is 26.0 Å². The number of rotatable bonds is 7. The molecule has 2 rings (SSSR count). The maximum atomic E-state index is 12.2. The third-order valence-corrected chi connectivity index (χ3v) is 3.80. The van der Waals surface area contributed by atoms with E-state index in [2.05, 4.69) is 33.1 Å². The molecule has 6 nitrogen and oxygen atoms in total. The second kappa shape index (κ2) is 9.59. The first-order valence-electron chi connectivity index (χ1n) is 7.89. The molecular weight excluding hydrogens is 412 g/mol. The molecule has 0 unspecified atom stereocenters. The Morgan fingerprint density at radius 3 is 2.26 bits per heavy atom. The fraction of sp³-hybridized carbons (Fsp3) is 0.100. The van der Waals surface area contributed by atoms with Gasteiger partial charge in [0.1, 0.15) is 11.5 Å². The van der Waals surface area contributed by atoms with Crippen LogP contribution in [0.3, 0.4) is 0 Å². The van der Waals surface area contributed by atoms with Crippen molar-refractivity contribution in [3.63, 3.8) is 0 Å². The molecule has 7 heteroatoms. The lowest BCUT2D eigenvalue weighted by Gasteiger charge is -2.08. The Balaban J connectivity index is 2.06. The Bertz CT molecular complexity index is 871. The third-order valence-electron chi connectivity index (χ3n) is 3.44. The summed E-state index contributed by atoms with van der Waals surface area (Å²) < 4.78 is 10.6. The van der Waals surface area contributed by atoms with Crippen LogP contribution in [0.2, 0.25) is 0 Å². The quantitative estimate of drug-likeness (QED) is 0.645. The predicted molar refractivity (Wildman–Crippen MR) is 110 cm³/mol. The minimum atomic E-state index is -0.333. The van der Waals surface area contributed by atoms with E-state index >= 15 is 0 Å². The fourth-order valence-electron chi connectivity index (χ4n) is 2.15. The topological polar surface area (TPSA) is 76.7 Å². The summed E-state index contributed by atoms with van der Waals surface area (Å²) in [5.74, 6) is 0.505. The molecule has 0 bridgehead atoms. The molecule has 0 saturated carbocycles. The van der Waals surface area contributed by atoms with Crippen LogP contribution in [-0.2, 0) is 9.59 Å². The van der Waals surface area contributed by atoms with Gasteiger partial charge in [0, 0.05) is 35.6 Å². The van der Waals surface area contributed by atoms with Crippen LogP contribution >= 0.6 is 15.9 Å². The minimum Gasteiger partial charge on any atom is -0.497 e. The number of nitrogens with one attached hydrogen (secondary N) is 2. The molecule has 0 heterocycles. The van der Waals surface area contributed by atoms with Gasteiger partial charge in [-0.1, -0.05) is 18.7 Å². The molecule has 0 aliphatic heterocycles. The first kappa shape index (κ1) is 20.3. The molecule has 0 radical (unpaired) electrons. The normalized spacial score (nSPS) is 10.3. The number of amides is 2. The van der Waals surface area contributed by atoms with Crippen LogP contribution in [0.1, 0.15) is 5.56 Å². The van der Waals surface area contributed by atoms with Gasteiger partial charge in [-0.15, -0.1) is 0 Å². The van der Waals surface area contributed by atoms with Crippen LogP contribution < -0.4 is 20.1 Å². The number of anilines is 2. The summed E-state index contributed by atoms with van der Waals surface area (Å²) in [6.07, 6.45) is 3.04. The van der Waals surface area contributed by atoms with E-state index in [0.29, 0.717) is 22.9 Å². The van der Waals surface area contributed by atoms with Crippen molar-refractivity contribution in [3.8, 4) is 11.5 Å². The Morgan fingerprint density at radius 2 is 1.67 bits per heavy atom. The van der Waals surface area contributed by atoms with E-state index in [4.69, 9.17) is 9.47 Å². The average molecular weight is 431 g/mol. The highest BCUT2D eigenvalue weighted by Gasteiger charge is 2.05. The Labute approximate surface area is 166 Å². The van der Waals surface area contributed by atoms with Gasteiger partial charge in [0.2, 0.25) is 5.91 Å². The molecule has 0 aliphatic carbocycles. The molecule has 0 aliphatic rings. The summed E-state index contributed by atoms with van der Waals surface area (Å²) in [5.41, 5.74) is 1.91. The number of benzene rings is 2. The van der Waals surface area contributed by atoms with Gasteiger partial charge in [0.15, 0.2) is 0 Å². The van der Waals surface area contributed by atoms with Crippen molar-refractivity contribution >= 4 is 45.2 Å². The first-order valence-corrected chi connectivity index (χ1v) is 8.68. The van der Waals surface area contributed by atoms with Crippen LogP contribution in [0.25, 0.3) is 6.08 Å². The summed E-state index contributed by atoms with van der Waals surface area (Å²) in [4.78, 5) is 23.8. The van der Waals surface area contributed by atoms with Crippen molar-refractivity contribution in [2.75, 3.05) is 24.9 Å². The van der Waals surface area contributed by atoms with Gasteiger partial charge in [-0.3, -0.25) is 9.59 Å². The van der Waals surface area contributed by atoms with Crippen molar-refractivity contribution < 1.29 is 19.1 Å². The maximum Gasteiger partial charge on any atom is 0.262 e. The minimum absolute atomic E-state index is 0.233. The number of halogens is 1. The highest BCUT2D eigenvalue weighted by atomic mass is 79.9. The molecule has 0 saturated heterocycles. The molecule has 2 N–H and O–H groups in total. The molecule has 0 fully saturated rings. The number of hydrogen-bond acceptors (Lipinski definition) is 4. The smallest absolute Gasteiger partial charge is 0.262 e. The van der Waals surface area contributed by atoms with Crippen LogP contribution in [0.15, 0.2) is 59.6 Å². The van der Waals surface area contributed by atoms with E-state index in [1.807, 2.05) is 6.07 Å². The fourth-order valence-corrected chi connectivity index (χ4v) is 2.25. The van der Waals surface area contributed by atoms with E-state index in [9.17, 15) is 9.59 Å². The van der Waals surface area contributed by atoms with Gasteiger partial charge in [-0.2, -0.15) is 0 Å². The largest absolute Gasteiger partial charge is 0.497 e. The zero-order valence-electron chi connectivity index (χ0n) is 14.9. The monoisotopic (exact) mass is 430 g/mol. The number of methoxy groups -OCH3 is 2. The highest BCUT2D eigenvalue weighted by Crippen LogP contribution is 2.25. The molecule has 140 valence electrons. The molecule has 2 amide bonds. The van der Waals surface area contributed by atoms with Gasteiger partial charge < -0.3 is 20.1 Å². The Hall–Kier alpha value is -3.06. The van der Waals surface area contributed by atoms with Crippen molar-refractivity contribution in [2.45, 2.75) is 0 Å². The molecule has 2 aromatic carbocycles. The Morgan fingerprint density at radius 1 is 1.00 bits per heavy atom. The molecule has 0 aromatic heterocycles. The molecular formula is C20H19BrN2O4. The number of carbonyl (C=O) groups is 2. The van der Waals surface area contributed by atoms with Crippen molar-refractivity contribution in [1.29, 1.82) is 0 Å². The first-order chi connectivity index (χ1) is 12.9. The predicted octanol–water partition coefficient (Wildman–Crippen LogP) is 4.20. The van der Waals surface area contributed by atoms with E-state index in [1.54, 1.807) is 42.5 Å². The lowest BCUT2D eigenvalue weighted by molar-refractivity contribution is -0.112. The van der Waals surface area contributed by atoms with Crippen molar-refractivity contribution in [2.24, 2.45) is 0 Å². The summed E-state index contributed by atoms with van der Waals surface area (Å²) in [5, 5.41) is 5.44. The van der Waals surface area contributed by atoms with E-state index in [1.165, 1.54) is 20.3 Å². The number of ether oxygens (including phenoxy) is 2. The molecule has 0 spiro atoms. The second-order valence-electron chi connectivity index (χ2n) is 5.41. The van der Waals surface area contributed by atoms with Crippen LogP contribution in [0, 0.1) is 0 Å². The van der Waals surface area contributed by atoms with Gasteiger partial charge in [0.05, 0.1) is 18.7 Å². The molecule has 27 heavy (non-hydrogen) atoms. The van der Waals surface area contributed by atoms with Gasteiger partial charge in [0.25, 0.3) is 5.91 Å². The van der Waals surface area contributed by atoms with Crippen LogP contribution in [0.4, 0.5) is 11.4 Å². The summed E-state index contributed by atoms with van der Waals surface area (Å²) in [6, 6.07) is 12.2. The molecule has 0 atom stereocenters. The zero-order chi connectivity index (χ0) is 19.8. The Kier molecular flexibility index (Phi) is 7.19. The average Bonchev–Trinajstić information content (AvgIpc) is 2.66. The van der Waals surface area contributed by atoms with E-state index < -0.39 is 0 Å². The summed E-state index contributed by atoms with van der Waals surface area (Å²) in [7, 11) is 3.08. The zero-order valence-corrected chi connectivity index (χ0v) is 16.5. The number of carbonyl (C=O) groups excluding carboxylic acids is 2. The maximum absolute atomic E-state index is 12.2. The van der Waals surface area contributed by atoms with E-state index in [0.717, 1.165) is 5.56 Å². The van der Waals surface area contributed by atoms with Crippen molar-refractivity contribution in [1.82, 2.24) is 0 Å². The SMILES string of the molecule is C=C(Br)C(=O)Nc1cccc(/C=C/C(=O)Nc2cc(OC)cc(OC)c2)c1. The standard InChI is InChI=1S/C20H19BrN2O4/c1-13(21)20(25)23-15-6-4-5-14(9-15)7-8-19(24)22-16-10-17(26-2)12-18(11-16)27-3/h4-12H,1H2,2-3H3,(H,22,24)(H,23,25)/b8-7+. The molecule has 2 aromatic rings. The summed E-state index contributed by atoms with van der Waals surface area (Å²) >= 11 is 3.03. The highest BCUT2D eigenvalue weighted by molar-refractivity contribution is 9.12.